The van der Waals surface area contributed by atoms with Crippen LogP contribution in [0.3, 0.4) is 0 Å². The summed E-state index contributed by atoms with van der Waals surface area (Å²) in [5, 5.41) is 0. The predicted molar refractivity (Wildman–Crippen MR) is 110 cm³/mol. The molecular formula is C25H27F. The van der Waals surface area contributed by atoms with E-state index >= 15 is 0 Å². The Bertz CT molecular complexity index is 829. The zero-order chi connectivity index (χ0) is 18.4. The second kappa shape index (κ2) is 8.80. The molecule has 0 aromatic heterocycles. The van der Waals surface area contributed by atoms with Crippen LogP contribution in [0.4, 0.5) is 4.39 Å². The van der Waals surface area contributed by atoms with Gasteiger partial charge in [-0.05, 0) is 53.1 Å². The van der Waals surface area contributed by atoms with E-state index < -0.39 is 0 Å². The molecule has 0 aliphatic carbocycles. The highest BCUT2D eigenvalue weighted by molar-refractivity contribution is 5.71. The summed E-state index contributed by atoms with van der Waals surface area (Å²) in [5.74, 6) is -0.166. The lowest BCUT2D eigenvalue weighted by atomic mass is 9.97. The van der Waals surface area contributed by atoms with E-state index in [0.717, 1.165) is 36.0 Å². The summed E-state index contributed by atoms with van der Waals surface area (Å²) < 4.78 is 14.7. The van der Waals surface area contributed by atoms with Gasteiger partial charge in [-0.2, -0.15) is 0 Å². The van der Waals surface area contributed by atoms with Gasteiger partial charge in [0, 0.05) is 5.56 Å². The van der Waals surface area contributed by atoms with Crippen LogP contribution >= 0.6 is 0 Å². The first-order chi connectivity index (χ1) is 12.7. The summed E-state index contributed by atoms with van der Waals surface area (Å²) in [6, 6.07) is 22.3. The monoisotopic (exact) mass is 346 g/mol. The van der Waals surface area contributed by atoms with Crippen LogP contribution in [0.1, 0.15) is 44.2 Å². The molecule has 0 radical (unpaired) electrons. The highest BCUT2D eigenvalue weighted by Gasteiger charge is 2.08. The van der Waals surface area contributed by atoms with Gasteiger partial charge in [0.25, 0.3) is 0 Å². The molecule has 0 amide bonds. The summed E-state index contributed by atoms with van der Waals surface area (Å²) in [5.41, 5.74) is 6.24. The van der Waals surface area contributed by atoms with E-state index in [-0.39, 0.29) is 5.82 Å². The van der Waals surface area contributed by atoms with E-state index in [1.54, 1.807) is 6.07 Å². The molecule has 0 atom stereocenters. The van der Waals surface area contributed by atoms with Gasteiger partial charge in [0.05, 0.1) is 0 Å². The van der Waals surface area contributed by atoms with Crippen molar-refractivity contribution in [2.45, 2.75) is 46.0 Å². The molecule has 1 heteroatoms. The van der Waals surface area contributed by atoms with Crippen LogP contribution in [0.25, 0.3) is 22.3 Å². The van der Waals surface area contributed by atoms with Crippen LogP contribution in [0.15, 0.2) is 66.7 Å². The van der Waals surface area contributed by atoms with Crippen molar-refractivity contribution in [3.8, 4) is 22.3 Å². The number of benzene rings is 3. The third kappa shape index (κ3) is 4.40. The van der Waals surface area contributed by atoms with Gasteiger partial charge < -0.3 is 0 Å². The molecular weight excluding hydrogens is 319 g/mol. The van der Waals surface area contributed by atoms with Crippen LogP contribution in [-0.2, 0) is 12.8 Å². The largest absolute Gasteiger partial charge is 0.206 e. The maximum Gasteiger partial charge on any atom is 0.131 e. The van der Waals surface area contributed by atoms with Gasteiger partial charge in [0.15, 0.2) is 0 Å². The maximum absolute atomic E-state index is 14.7. The van der Waals surface area contributed by atoms with Crippen LogP contribution in [0.5, 0.6) is 0 Å². The number of hydrogen-bond acceptors (Lipinski definition) is 0. The third-order valence-corrected chi connectivity index (χ3v) is 4.88. The number of hydrogen-bond donors (Lipinski definition) is 0. The average molecular weight is 346 g/mol. The molecule has 26 heavy (non-hydrogen) atoms. The van der Waals surface area contributed by atoms with Crippen molar-refractivity contribution in [2.24, 2.45) is 0 Å². The van der Waals surface area contributed by atoms with Gasteiger partial charge in [0.1, 0.15) is 5.82 Å². The van der Waals surface area contributed by atoms with Gasteiger partial charge in [-0.1, -0.05) is 87.4 Å². The summed E-state index contributed by atoms with van der Waals surface area (Å²) >= 11 is 0. The molecule has 0 N–H and O–H groups in total. The molecule has 0 spiro atoms. The van der Waals surface area contributed by atoms with Gasteiger partial charge in [0.2, 0.25) is 0 Å². The topological polar surface area (TPSA) is 0 Å². The van der Waals surface area contributed by atoms with Crippen LogP contribution in [0, 0.1) is 5.82 Å². The number of unbranched alkanes of at least 4 members (excludes halogenated alkanes) is 1. The SMILES string of the molecule is CCCCc1ccc(-c2ccc(-c3ccc(CCC)cc3)c(F)c2)cc1. The van der Waals surface area contributed by atoms with Crippen LogP contribution in [0.2, 0.25) is 0 Å². The minimum absolute atomic E-state index is 0.166. The molecule has 3 aromatic carbocycles. The minimum atomic E-state index is -0.166. The van der Waals surface area contributed by atoms with Crippen molar-refractivity contribution in [3.05, 3.63) is 83.7 Å². The lowest BCUT2D eigenvalue weighted by molar-refractivity contribution is 0.632. The van der Waals surface area contributed by atoms with E-state index in [9.17, 15) is 4.39 Å². The quantitative estimate of drug-likeness (QED) is 0.416. The fourth-order valence-electron chi connectivity index (χ4n) is 3.31. The molecule has 0 bridgehead atoms. The second-order valence-electron chi connectivity index (χ2n) is 6.94. The molecule has 134 valence electrons. The summed E-state index contributed by atoms with van der Waals surface area (Å²) in [7, 11) is 0. The molecule has 3 aromatic rings. The fourth-order valence-corrected chi connectivity index (χ4v) is 3.31. The summed E-state index contributed by atoms with van der Waals surface area (Å²) in [6.07, 6.45) is 5.71. The van der Waals surface area contributed by atoms with Crippen LogP contribution in [-0.4, -0.2) is 0 Å². The normalized spacial score (nSPS) is 10.9. The number of rotatable bonds is 7. The van der Waals surface area contributed by atoms with Crippen molar-refractivity contribution in [2.75, 3.05) is 0 Å². The predicted octanol–water partition coefficient (Wildman–Crippen LogP) is 7.45. The second-order valence-corrected chi connectivity index (χ2v) is 6.94. The molecule has 0 nitrogen and oxygen atoms in total. The van der Waals surface area contributed by atoms with E-state index in [4.69, 9.17) is 0 Å². The first kappa shape index (κ1) is 18.4. The molecule has 3 rings (SSSR count). The zero-order valence-corrected chi connectivity index (χ0v) is 15.8. The first-order valence-electron chi connectivity index (χ1n) is 9.69. The van der Waals surface area contributed by atoms with E-state index in [1.807, 2.05) is 24.3 Å². The maximum atomic E-state index is 14.7. The minimum Gasteiger partial charge on any atom is -0.206 e. The molecule has 0 unspecified atom stereocenters. The van der Waals surface area contributed by atoms with Crippen molar-refractivity contribution >= 4 is 0 Å². The molecule has 0 saturated carbocycles. The Kier molecular flexibility index (Phi) is 6.22. The van der Waals surface area contributed by atoms with Crippen LogP contribution < -0.4 is 0 Å². The Labute approximate surface area is 156 Å². The third-order valence-electron chi connectivity index (χ3n) is 4.88. The van der Waals surface area contributed by atoms with Gasteiger partial charge >= 0.3 is 0 Å². The number of aryl methyl sites for hydroxylation is 2. The van der Waals surface area contributed by atoms with E-state index in [2.05, 4.69) is 50.2 Å². The van der Waals surface area contributed by atoms with E-state index in [1.165, 1.54) is 24.0 Å². The van der Waals surface area contributed by atoms with Crippen molar-refractivity contribution < 1.29 is 4.39 Å². The highest BCUT2D eigenvalue weighted by atomic mass is 19.1. The summed E-state index contributed by atoms with van der Waals surface area (Å²) in [4.78, 5) is 0. The first-order valence-corrected chi connectivity index (χ1v) is 9.69. The standard InChI is InChI=1S/C25H27F/c1-3-5-7-20-8-12-21(13-9-20)23-16-17-24(25(26)18-23)22-14-10-19(6-4-2)11-15-22/h8-18H,3-7H2,1-2H3. The molecule has 0 saturated heterocycles. The lowest BCUT2D eigenvalue weighted by Gasteiger charge is -2.09. The average Bonchev–Trinajstić information content (AvgIpc) is 2.68. The Hall–Kier alpha value is -2.41. The number of halogens is 1. The lowest BCUT2D eigenvalue weighted by Crippen LogP contribution is -1.89. The molecule has 0 fully saturated rings. The highest BCUT2D eigenvalue weighted by Crippen LogP contribution is 2.28. The Morgan fingerprint density at radius 2 is 1.19 bits per heavy atom. The smallest absolute Gasteiger partial charge is 0.131 e. The fraction of sp³-hybridized carbons (Fsp3) is 0.280. The van der Waals surface area contributed by atoms with Gasteiger partial charge in [-0.3, -0.25) is 0 Å². The van der Waals surface area contributed by atoms with Crippen molar-refractivity contribution in [1.29, 1.82) is 0 Å². The Morgan fingerprint density at radius 1 is 0.615 bits per heavy atom. The molecule has 0 aliphatic heterocycles. The molecule has 0 heterocycles. The molecule has 0 aliphatic rings. The van der Waals surface area contributed by atoms with Gasteiger partial charge in [-0.25, -0.2) is 4.39 Å². The Morgan fingerprint density at radius 3 is 1.77 bits per heavy atom. The summed E-state index contributed by atoms with van der Waals surface area (Å²) in [6.45, 7) is 4.37. The van der Waals surface area contributed by atoms with E-state index in [0.29, 0.717) is 5.56 Å². The van der Waals surface area contributed by atoms with Crippen molar-refractivity contribution in [1.82, 2.24) is 0 Å². The van der Waals surface area contributed by atoms with Crippen molar-refractivity contribution in [3.63, 3.8) is 0 Å². The zero-order valence-electron chi connectivity index (χ0n) is 15.8. The van der Waals surface area contributed by atoms with Gasteiger partial charge in [-0.15, -0.1) is 0 Å². The Balaban J connectivity index is 1.80.